The fourth-order valence-electron chi connectivity index (χ4n) is 2.95. The highest BCUT2D eigenvalue weighted by molar-refractivity contribution is 5.32. The van der Waals surface area contributed by atoms with Crippen LogP contribution in [0.15, 0.2) is 36.1 Å². The summed E-state index contributed by atoms with van der Waals surface area (Å²) in [6.07, 6.45) is 7.06. The van der Waals surface area contributed by atoms with E-state index in [1.807, 2.05) is 18.2 Å². The van der Waals surface area contributed by atoms with E-state index in [4.69, 9.17) is 18.9 Å². The van der Waals surface area contributed by atoms with Crippen LogP contribution < -0.4 is 0 Å². The minimum atomic E-state index is -0.440. The smallest absolute Gasteiger partial charge is 0.189 e. The Labute approximate surface area is 113 Å². The van der Waals surface area contributed by atoms with Crippen LogP contribution in [0, 0.1) is 11.8 Å². The van der Waals surface area contributed by atoms with E-state index in [-0.39, 0.29) is 19.0 Å². The Hall–Kier alpha value is -1.10. The van der Waals surface area contributed by atoms with E-state index in [0.29, 0.717) is 18.3 Å². The lowest BCUT2D eigenvalue weighted by atomic mass is 9.72. The van der Waals surface area contributed by atoms with Gasteiger partial charge in [-0.2, -0.15) is 0 Å². The molecule has 4 aliphatic heterocycles. The molecule has 2 atom stereocenters. The average molecular weight is 264 g/mol. The number of rotatable bonds is 3. The van der Waals surface area contributed by atoms with Gasteiger partial charge in [0, 0.05) is 5.92 Å². The fourth-order valence-corrected chi connectivity index (χ4v) is 2.95. The summed E-state index contributed by atoms with van der Waals surface area (Å²) in [5.74, 6) is 0.810. The monoisotopic (exact) mass is 264 g/mol. The van der Waals surface area contributed by atoms with Gasteiger partial charge in [-0.1, -0.05) is 32.6 Å². The van der Waals surface area contributed by atoms with Crippen LogP contribution >= 0.6 is 0 Å². The molecule has 19 heavy (non-hydrogen) atoms. The minimum Gasteiger partial charge on any atom is -0.468 e. The lowest BCUT2D eigenvalue weighted by Gasteiger charge is -2.68. The molecule has 0 aromatic heterocycles. The van der Waals surface area contributed by atoms with Crippen LogP contribution in [-0.2, 0) is 18.9 Å². The zero-order valence-electron chi connectivity index (χ0n) is 11.4. The van der Waals surface area contributed by atoms with Crippen molar-refractivity contribution in [2.24, 2.45) is 11.8 Å². The highest BCUT2D eigenvalue weighted by atomic mass is 16.9. The highest BCUT2D eigenvalue weighted by Gasteiger charge is 2.71. The molecule has 0 aromatic rings. The SMILES string of the molecule is C=C1/C=C(C(C)C23OC(O2)C3CC)\C=C/COCO1. The number of allylic oxidation sites excluding steroid dienone is 2. The van der Waals surface area contributed by atoms with Gasteiger partial charge in [-0.3, -0.25) is 0 Å². The Morgan fingerprint density at radius 1 is 1.47 bits per heavy atom. The standard InChI is InChI=1S/C15H20O4/c1-4-13-14-18-15(13,19-14)11(3)12-6-5-7-16-9-17-10(2)8-12/h5-6,8,11,13-14H,2,4,7,9H2,1,3H3/b6-5-,12-8+. The van der Waals surface area contributed by atoms with Gasteiger partial charge in [0.1, 0.15) is 5.76 Å². The van der Waals surface area contributed by atoms with Crippen molar-refractivity contribution in [2.45, 2.75) is 32.3 Å². The second-order valence-electron chi connectivity index (χ2n) is 5.21. The molecule has 4 nitrogen and oxygen atoms in total. The van der Waals surface area contributed by atoms with E-state index < -0.39 is 5.79 Å². The molecule has 2 unspecified atom stereocenters. The first-order chi connectivity index (χ1) is 9.17. The predicted octanol–water partition coefficient (Wildman–Crippen LogP) is 2.73. The van der Waals surface area contributed by atoms with Crippen molar-refractivity contribution in [1.29, 1.82) is 0 Å². The van der Waals surface area contributed by atoms with Crippen molar-refractivity contribution in [2.75, 3.05) is 13.4 Å². The molecule has 0 N–H and O–H groups in total. The zero-order chi connectivity index (χ0) is 13.5. The Kier molecular flexibility index (Phi) is 3.25. The number of ether oxygens (including phenoxy) is 4. The van der Waals surface area contributed by atoms with Gasteiger partial charge in [0.25, 0.3) is 0 Å². The first-order valence-corrected chi connectivity index (χ1v) is 6.80. The van der Waals surface area contributed by atoms with Gasteiger partial charge in [-0.05, 0) is 18.1 Å². The first-order valence-electron chi connectivity index (χ1n) is 6.80. The molecule has 4 aliphatic rings. The normalized spacial score (nSPS) is 43.3. The van der Waals surface area contributed by atoms with Crippen LogP contribution in [0.4, 0.5) is 0 Å². The number of hydrogen-bond acceptors (Lipinski definition) is 4. The summed E-state index contributed by atoms with van der Waals surface area (Å²) in [4.78, 5) is 0. The Balaban J connectivity index is 1.80. The summed E-state index contributed by atoms with van der Waals surface area (Å²) in [5, 5.41) is 0. The molecular formula is C15H20O4. The van der Waals surface area contributed by atoms with Crippen molar-refractivity contribution in [3.8, 4) is 0 Å². The molecule has 4 heteroatoms. The lowest BCUT2D eigenvalue weighted by Crippen LogP contribution is -2.78. The van der Waals surface area contributed by atoms with Crippen LogP contribution in [0.5, 0.6) is 0 Å². The van der Waals surface area contributed by atoms with E-state index in [1.165, 1.54) is 0 Å². The van der Waals surface area contributed by atoms with Gasteiger partial charge in [-0.25, -0.2) is 0 Å². The number of hydrogen-bond donors (Lipinski definition) is 0. The maximum Gasteiger partial charge on any atom is 0.189 e. The van der Waals surface area contributed by atoms with Gasteiger partial charge in [0.05, 0.1) is 12.5 Å². The van der Waals surface area contributed by atoms with Crippen LogP contribution in [-0.4, -0.2) is 25.5 Å². The summed E-state index contributed by atoms with van der Waals surface area (Å²) in [7, 11) is 0. The van der Waals surface area contributed by atoms with E-state index >= 15 is 0 Å². The van der Waals surface area contributed by atoms with Gasteiger partial charge >= 0.3 is 0 Å². The van der Waals surface area contributed by atoms with Crippen molar-refractivity contribution in [3.05, 3.63) is 36.1 Å². The molecule has 0 aromatic carbocycles. The molecule has 3 fully saturated rings. The van der Waals surface area contributed by atoms with Crippen molar-refractivity contribution < 1.29 is 18.9 Å². The Morgan fingerprint density at radius 2 is 2.26 bits per heavy atom. The second-order valence-corrected chi connectivity index (χ2v) is 5.21. The third kappa shape index (κ3) is 1.95. The van der Waals surface area contributed by atoms with Gasteiger partial charge in [0.2, 0.25) is 0 Å². The highest BCUT2D eigenvalue weighted by Crippen LogP contribution is 2.60. The summed E-state index contributed by atoms with van der Waals surface area (Å²) < 4.78 is 22.2. The molecule has 0 aliphatic carbocycles. The zero-order valence-corrected chi connectivity index (χ0v) is 11.4. The van der Waals surface area contributed by atoms with E-state index in [9.17, 15) is 0 Å². The lowest BCUT2D eigenvalue weighted by molar-refractivity contribution is -0.601. The maximum atomic E-state index is 5.77. The van der Waals surface area contributed by atoms with Crippen LogP contribution in [0.25, 0.3) is 0 Å². The summed E-state index contributed by atoms with van der Waals surface area (Å²) in [5.41, 5.74) is 1.10. The van der Waals surface area contributed by atoms with Gasteiger partial charge in [-0.15, -0.1) is 0 Å². The van der Waals surface area contributed by atoms with E-state index in [2.05, 4.69) is 20.4 Å². The molecule has 0 radical (unpaired) electrons. The van der Waals surface area contributed by atoms with Crippen LogP contribution in [0.1, 0.15) is 20.3 Å². The Morgan fingerprint density at radius 3 is 2.89 bits per heavy atom. The molecule has 2 bridgehead atoms. The molecule has 0 spiro atoms. The van der Waals surface area contributed by atoms with Gasteiger partial charge in [0.15, 0.2) is 18.9 Å². The first kappa shape index (κ1) is 12.9. The topological polar surface area (TPSA) is 36.9 Å². The van der Waals surface area contributed by atoms with Crippen LogP contribution in [0.3, 0.4) is 0 Å². The summed E-state index contributed by atoms with van der Waals surface area (Å²) in [6, 6.07) is 0. The fraction of sp³-hybridized carbons (Fsp3) is 0.600. The van der Waals surface area contributed by atoms with E-state index in [1.54, 1.807) is 0 Å². The van der Waals surface area contributed by atoms with E-state index in [0.717, 1.165) is 12.0 Å². The van der Waals surface area contributed by atoms with Gasteiger partial charge < -0.3 is 18.9 Å². The molecule has 104 valence electrons. The Bertz CT molecular complexity index is 431. The van der Waals surface area contributed by atoms with Crippen molar-refractivity contribution in [1.82, 2.24) is 0 Å². The molecule has 0 amide bonds. The molecule has 0 saturated carbocycles. The third-order valence-electron chi connectivity index (χ3n) is 4.17. The average Bonchev–Trinajstić information content (AvgIpc) is 2.38. The molecule has 4 rings (SSSR count). The predicted molar refractivity (Wildman–Crippen MR) is 69.9 cm³/mol. The summed E-state index contributed by atoms with van der Waals surface area (Å²) >= 11 is 0. The second kappa shape index (κ2) is 4.78. The largest absolute Gasteiger partial charge is 0.468 e. The summed E-state index contributed by atoms with van der Waals surface area (Å²) in [6.45, 7) is 8.94. The maximum absolute atomic E-state index is 5.77. The molecule has 3 saturated heterocycles. The molecule has 4 heterocycles. The minimum absolute atomic E-state index is 0.0103. The molecular weight excluding hydrogens is 244 g/mol. The van der Waals surface area contributed by atoms with Crippen molar-refractivity contribution >= 4 is 0 Å². The van der Waals surface area contributed by atoms with Crippen molar-refractivity contribution in [3.63, 3.8) is 0 Å². The third-order valence-corrected chi connectivity index (χ3v) is 4.17. The quantitative estimate of drug-likeness (QED) is 0.785. The van der Waals surface area contributed by atoms with Crippen LogP contribution in [0.2, 0.25) is 0 Å².